The number of allylic oxidation sites excluding steroid dienone is 2. The number of piperidine rings is 1. The highest BCUT2D eigenvalue weighted by atomic mass is 16.2. The molecule has 2 aliphatic rings. The first-order valence-electron chi connectivity index (χ1n) is 8.19. The van der Waals surface area contributed by atoms with Gasteiger partial charge in [0.25, 0.3) is 0 Å². The molecule has 0 spiro atoms. The maximum absolute atomic E-state index is 12.9. The van der Waals surface area contributed by atoms with Gasteiger partial charge in [-0.2, -0.15) is 5.10 Å². The van der Waals surface area contributed by atoms with Gasteiger partial charge < -0.3 is 4.90 Å². The minimum absolute atomic E-state index is 0.0918. The lowest BCUT2D eigenvalue weighted by molar-refractivity contribution is -0.135. The van der Waals surface area contributed by atoms with Crippen LogP contribution in [0.5, 0.6) is 0 Å². The van der Waals surface area contributed by atoms with Crippen LogP contribution in [0.4, 0.5) is 0 Å². The largest absolute Gasteiger partial charge is 0.340 e. The lowest BCUT2D eigenvalue weighted by atomic mass is 10.0. The molecule has 0 N–H and O–H groups in total. The van der Waals surface area contributed by atoms with Gasteiger partial charge in [0.15, 0.2) is 0 Å². The molecule has 1 saturated carbocycles. The molecule has 3 rings (SSSR count). The Kier molecular flexibility index (Phi) is 3.83. The first kappa shape index (κ1) is 15.3. The van der Waals surface area contributed by atoms with Crippen molar-refractivity contribution in [3.63, 3.8) is 0 Å². The fourth-order valence-electron chi connectivity index (χ4n) is 3.79. The van der Waals surface area contributed by atoms with Crippen molar-refractivity contribution < 1.29 is 4.79 Å². The smallest absolute Gasteiger partial charge is 0.226 e. The van der Waals surface area contributed by atoms with Crippen molar-refractivity contribution in [1.29, 1.82) is 0 Å². The first-order chi connectivity index (χ1) is 10.4. The summed E-state index contributed by atoms with van der Waals surface area (Å²) in [7, 11) is 0. The molecule has 22 heavy (non-hydrogen) atoms. The zero-order chi connectivity index (χ0) is 15.9. The number of carbonyl (C=O) groups excluding carboxylic acids is 1. The maximum atomic E-state index is 12.9. The van der Waals surface area contributed by atoms with Crippen molar-refractivity contribution in [2.75, 3.05) is 13.1 Å². The second-order valence-electron chi connectivity index (χ2n) is 7.52. The van der Waals surface area contributed by atoms with Crippen LogP contribution in [0.1, 0.15) is 46.6 Å². The monoisotopic (exact) mass is 302 g/mol. The molecule has 1 saturated heterocycles. The summed E-state index contributed by atoms with van der Waals surface area (Å²) < 4.78 is 1.89. The lowest BCUT2D eigenvalue weighted by Gasteiger charge is -2.33. The van der Waals surface area contributed by atoms with E-state index in [0.717, 1.165) is 25.9 Å². The number of likely N-dealkylation sites (tertiary alicyclic amines) is 1. The van der Waals surface area contributed by atoms with E-state index in [0.29, 0.717) is 11.8 Å². The summed E-state index contributed by atoms with van der Waals surface area (Å²) in [6.45, 7) is 10.3. The fourth-order valence-corrected chi connectivity index (χ4v) is 3.79. The number of amides is 1. The normalized spacial score (nSPS) is 30.0. The van der Waals surface area contributed by atoms with Crippen molar-refractivity contribution in [3.8, 4) is 0 Å². The van der Waals surface area contributed by atoms with E-state index in [1.54, 1.807) is 12.7 Å². The average molecular weight is 302 g/mol. The Hall–Kier alpha value is -1.65. The van der Waals surface area contributed by atoms with Crippen molar-refractivity contribution in [2.24, 2.45) is 17.3 Å². The van der Waals surface area contributed by atoms with E-state index in [-0.39, 0.29) is 17.4 Å². The van der Waals surface area contributed by atoms with E-state index in [1.165, 1.54) is 5.57 Å². The average Bonchev–Trinajstić information content (AvgIpc) is 2.87. The predicted molar refractivity (Wildman–Crippen MR) is 85.1 cm³/mol. The minimum Gasteiger partial charge on any atom is -0.340 e. The van der Waals surface area contributed by atoms with Crippen molar-refractivity contribution in [3.05, 3.63) is 24.3 Å². The summed E-state index contributed by atoms with van der Waals surface area (Å²) in [5.74, 6) is 0.839. The van der Waals surface area contributed by atoms with Gasteiger partial charge in [-0.15, -0.1) is 0 Å². The van der Waals surface area contributed by atoms with E-state index in [9.17, 15) is 4.79 Å². The van der Waals surface area contributed by atoms with Crippen LogP contribution >= 0.6 is 0 Å². The predicted octanol–water partition coefficient (Wildman–Crippen LogP) is 2.68. The molecule has 2 heterocycles. The van der Waals surface area contributed by atoms with Crippen molar-refractivity contribution in [1.82, 2.24) is 19.7 Å². The summed E-state index contributed by atoms with van der Waals surface area (Å²) in [5, 5.41) is 4.24. The molecule has 1 aromatic rings. The number of hydrogen-bond acceptors (Lipinski definition) is 3. The molecule has 0 bridgehead atoms. The fraction of sp³-hybridized carbons (Fsp3) is 0.706. The number of nitrogens with zero attached hydrogens (tertiary/aromatic N) is 4. The minimum atomic E-state index is 0.0918. The maximum Gasteiger partial charge on any atom is 0.226 e. The zero-order valence-corrected chi connectivity index (χ0v) is 14.0. The van der Waals surface area contributed by atoms with E-state index < -0.39 is 0 Å². The molecule has 5 nitrogen and oxygen atoms in total. The topological polar surface area (TPSA) is 51.0 Å². The number of hydrogen-bond donors (Lipinski definition) is 0. The molecule has 2 fully saturated rings. The molecule has 5 heteroatoms. The van der Waals surface area contributed by atoms with Crippen LogP contribution < -0.4 is 0 Å². The standard InChI is InChI=1S/C17H26N4O/c1-12(2)8-14-15(17(14,3)4)16(22)20-7-5-6-13(9-20)21-11-18-10-19-21/h8,10-11,13-15H,5-7,9H2,1-4H3/t13-,14-,15-/m1/s1. The van der Waals surface area contributed by atoms with Crippen LogP contribution in [-0.4, -0.2) is 38.7 Å². The summed E-state index contributed by atoms with van der Waals surface area (Å²) in [5.41, 5.74) is 1.39. The Morgan fingerprint density at radius 3 is 2.77 bits per heavy atom. The third-order valence-electron chi connectivity index (χ3n) is 5.21. The molecular weight excluding hydrogens is 276 g/mol. The molecule has 120 valence electrons. The summed E-state index contributed by atoms with van der Waals surface area (Å²) >= 11 is 0. The summed E-state index contributed by atoms with van der Waals surface area (Å²) in [6, 6.07) is 0.268. The Balaban J connectivity index is 1.69. The highest BCUT2D eigenvalue weighted by Crippen LogP contribution is 2.60. The van der Waals surface area contributed by atoms with Crippen LogP contribution in [0.3, 0.4) is 0 Å². The Bertz CT molecular complexity index is 571. The van der Waals surface area contributed by atoms with Gasteiger partial charge >= 0.3 is 0 Å². The van der Waals surface area contributed by atoms with Gasteiger partial charge in [-0.3, -0.25) is 4.79 Å². The third kappa shape index (κ3) is 2.69. The molecule has 0 radical (unpaired) electrons. The van der Waals surface area contributed by atoms with Crippen LogP contribution in [0, 0.1) is 17.3 Å². The number of aromatic nitrogens is 3. The molecule has 0 aromatic carbocycles. The third-order valence-corrected chi connectivity index (χ3v) is 5.21. The van der Waals surface area contributed by atoms with Crippen LogP contribution in [0.2, 0.25) is 0 Å². The highest BCUT2D eigenvalue weighted by Gasteiger charge is 2.61. The van der Waals surface area contributed by atoms with E-state index in [1.807, 2.05) is 9.58 Å². The second kappa shape index (κ2) is 5.52. The SMILES string of the molecule is CC(C)=C[C@@H]1[C@H](C(=O)N2CCC[C@@H](n3cncn3)C2)C1(C)C. The molecule has 1 aliphatic heterocycles. The zero-order valence-electron chi connectivity index (χ0n) is 14.0. The van der Waals surface area contributed by atoms with Gasteiger partial charge in [-0.25, -0.2) is 9.67 Å². The molecular formula is C17H26N4O. The van der Waals surface area contributed by atoms with E-state index in [2.05, 4.69) is 43.9 Å². The Labute approximate surface area is 132 Å². The van der Waals surface area contributed by atoms with Gasteiger partial charge in [0.2, 0.25) is 5.91 Å². The second-order valence-corrected chi connectivity index (χ2v) is 7.52. The van der Waals surface area contributed by atoms with Gasteiger partial charge in [0.05, 0.1) is 12.0 Å². The van der Waals surface area contributed by atoms with Crippen molar-refractivity contribution >= 4 is 5.91 Å². The van der Waals surface area contributed by atoms with E-state index >= 15 is 0 Å². The Morgan fingerprint density at radius 2 is 2.14 bits per heavy atom. The molecule has 1 aromatic heterocycles. The van der Waals surface area contributed by atoms with Crippen LogP contribution in [-0.2, 0) is 4.79 Å². The lowest BCUT2D eigenvalue weighted by Crippen LogP contribution is -2.42. The molecule has 0 unspecified atom stereocenters. The van der Waals surface area contributed by atoms with Crippen molar-refractivity contribution in [2.45, 2.75) is 46.6 Å². The highest BCUT2D eigenvalue weighted by molar-refractivity contribution is 5.84. The van der Waals surface area contributed by atoms with Crippen LogP contribution in [0.15, 0.2) is 24.3 Å². The molecule has 1 aliphatic carbocycles. The molecule has 3 atom stereocenters. The van der Waals surface area contributed by atoms with Gasteiger partial charge in [0, 0.05) is 13.1 Å². The van der Waals surface area contributed by atoms with Crippen LogP contribution in [0.25, 0.3) is 0 Å². The van der Waals surface area contributed by atoms with Gasteiger partial charge in [-0.1, -0.05) is 25.5 Å². The molecule has 1 amide bonds. The summed E-state index contributed by atoms with van der Waals surface area (Å²) in [6.07, 6.45) is 7.69. The first-order valence-corrected chi connectivity index (χ1v) is 8.19. The number of carbonyl (C=O) groups is 1. The quantitative estimate of drug-likeness (QED) is 0.807. The number of rotatable bonds is 3. The van der Waals surface area contributed by atoms with Gasteiger partial charge in [-0.05, 0) is 38.0 Å². The Morgan fingerprint density at radius 1 is 1.36 bits per heavy atom. The van der Waals surface area contributed by atoms with Gasteiger partial charge in [0.1, 0.15) is 12.7 Å². The summed E-state index contributed by atoms with van der Waals surface area (Å²) in [4.78, 5) is 19.0. The van der Waals surface area contributed by atoms with E-state index in [4.69, 9.17) is 0 Å².